The minimum absolute atomic E-state index is 0.00326. The molecular weight excluding hydrogens is 376 g/mol. The van der Waals surface area contributed by atoms with Crippen molar-refractivity contribution >= 4 is 23.1 Å². The van der Waals surface area contributed by atoms with E-state index in [1.165, 1.54) is 0 Å². The van der Waals surface area contributed by atoms with E-state index in [9.17, 15) is 9.59 Å². The lowest BCUT2D eigenvalue weighted by molar-refractivity contribution is -0.107. The smallest absolute Gasteiger partial charge is 0.255 e. The van der Waals surface area contributed by atoms with Crippen LogP contribution in [0.2, 0.25) is 0 Å². The molecule has 0 aliphatic heterocycles. The molecule has 0 spiro atoms. The number of amides is 1. The van der Waals surface area contributed by atoms with Crippen LogP contribution in [-0.2, 0) is 4.79 Å². The number of carbonyl (C=O) groups excluding carboxylic acids is 2. The number of aromatic nitrogens is 2. The second-order valence-corrected chi connectivity index (χ2v) is 8.19. The molecule has 1 saturated carbocycles. The average molecular weight is 405 g/mol. The summed E-state index contributed by atoms with van der Waals surface area (Å²) in [5, 5.41) is 11.7. The van der Waals surface area contributed by atoms with Crippen molar-refractivity contribution in [2.24, 2.45) is 0 Å². The van der Waals surface area contributed by atoms with Gasteiger partial charge in [0.25, 0.3) is 5.91 Å². The first-order valence-corrected chi connectivity index (χ1v) is 10.5. The van der Waals surface area contributed by atoms with Crippen LogP contribution in [0.4, 0.5) is 0 Å². The van der Waals surface area contributed by atoms with Crippen LogP contribution >= 0.6 is 0 Å². The summed E-state index contributed by atoms with van der Waals surface area (Å²) in [6, 6.07) is 12.0. The number of nitrogens with zero attached hydrogens (tertiary/aromatic N) is 2. The fourth-order valence-electron chi connectivity index (χ4n) is 4.55. The Labute approximate surface area is 176 Å². The fourth-order valence-corrected chi connectivity index (χ4v) is 4.55. The summed E-state index contributed by atoms with van der Waals surface area (Å²) in [6.45, 7) is 2.66. The fraction of sp³-hybridized carbons (Fsp3) is 0.375. The predicted molar refractivity (Wildman–Crippen MR) is 118 cm³/mol. The van der Waals surface area contributed by atoms with Crippen molar-refractivity contribution in [1.82, 2.24) is 20.4 Å². The number of fused-ring (bicyclic) bond motifs is 1. The Bertz CT molecular complexity index is 1050. The molecule has 2 N–H and O–H groups in total. The number of hydrogen-bond donors (Lipinski definition) is 2. The van der Waals surface area contributed by atoms with E-state index in [0.29, 0.717) is 18.5 Å². The van der Waals surface area contributed by atoms with Crippen LogP contribution in [0.3, 0.4) is 0 Å². The van der Waals surface area contributed by atoms with Gasteiger partial charge in [0, 0.05) is 31.0 Å². The third-order valence-corrected chi connectivity index (χ3v) is 6.30. The van der Waals surface area contributed by atoms with Gasteiger partial charge in [-0.05, 0) is 73.6 Å². The summed E-state index contributed by atoms with van der Waals surface area (Å²) < 4.78 is 0. The topological polar surface area (TPSA) is 78.1 Å². The first kappa shape index (κ1) is 20.3. The Morgan fingerprint density at radius 2 is 1.93 bits per heavy atom. The maximum atomic E-state index is 13.2. The minimum Gasteiger partial charge on any atom is -0.323 e. The Kier molecular flexibility index (Phi) is 5.68. The van der Waals surface area contributed by atoms with Crippen molar-refractivity contribution in [3.63, 3.8) is 0 Å². The molecule has 0 saturated heterocycles. The van der Waals surface area contributed by atoms with Crippen LogP contribution in [0.25, 0.3) is 22.0 Å². The number of aldehydes is 1. The molecule has 0 radical (unpaired) electrons. The second kappa shape index (κ2) is 8.40. The van der Waals surface area contributed by atoms with E-state index in [2.05, 4.69) is 34.6 Å². The molecule has 1 aromatic heterocycles. The van der Waals surface area contributed by atoms with Crippen molar-refractivity contribution in [3.05, 3.63) is 53.7 Å². The zero-order valence-corrected chi connectivity index (χ0v) is 17.6. The largest absolute Gasteiger partial charge is 0.323 e. The molecule has 3 aromatic rings. The third-order valence-electron chi connectivity index (χ3n) is 6.30. The molecule has 30 heavy (non-hydrogen) atoms. The van der Waals surface area contributed by atoms with Gasteiger partial charge >= 0.3 is 0 Å². The monoisotopic (exact) mass is 404 g/mol. The highest BCUT2D eigenvalue weighted by Crippen LogP contribution is 2.33. The van der Waals surface area contributed by atoms with Crippen molar-refractivity contribution in [2.45, 2.75) is 44.7 Å². The van der Waals surface area contributed by atoms with Crippen molar-refractivity contribution in [2.75, 3.05) is 13.6 Å². The highest BCUT2D eigenvalue weighted by atomic mass is 16.2. The van der Waals surface area contributed by atoms with Crippen molar-refractivity contribution in [3.8, 4) is 11.1 Å². The van der Waals surface area contributed by atoms with Gasteiger partial charge in [0.05, 0.1) is 17.4 Å². The van der Waals surface area contributed by atoms with Gasteiger partial charge in [0.15, 0.2) is 0 Å². The summed E-state index contributed by atoms with van der Waals surface area (Å²) in [5.74, 6) is 0.00326. The molecule has 6 heteroatoms. The maximum Gasteiger partial charge on any atom is 0.255 e. The van der Waals surface area contributed by atoms with Gasteiger partial charge in [-0.15, -0.1) is 0 Å². The number of hydrogen-bond acceptors (Lipinski definition) is 4. The Morgan fingerprint density at radius 1 is 1.20 bits per heavy atom. The maximum absolute atomic E-state index is 13.2. The predicted octanol–water partition coefficient (Wildman–Crippen LogP) is 4.06. The lowest BCUT2D eigenvalue weighted by atomic mass is 9.99. The van der Waals surface area contributed by atoms with Crippen LogP contribution in [0, 0.1) is 6.92 Å². The van der Waals surface area contributed by atoms with Gasteiger partial charge in [-0.25, -0.2) is 0 Å². The van der Waals surface area contributed by atoms with E-state index < -0.39 is 0 Å². The molecular formula is C24H28N4O2. The summed E-state index contributed by atoms with van der Waals surface area (Å²) in [7, 11) is 1.87. The highest BCUT2D eigenvalue weighted by molar-refractivity contribution is 5.95. The zero-order chi connectivity index (χ0) is 21.1. The summed E-state index contributed by atoms with van der Waals surface area (Å²) in [5.41, 5.74) is 4.69. The zero-order valence-electron chi connectivity index (χ0n) is 17.6. The first-order chi connectivity index (χ1) is 14.5. The summed E-state index contributed by atoms with van der Waals surface area (Å²) in [4.78, 5) is 25.8. The number of H-pyrrole nitrogens is 1. The number of aromatic amines is 1. The van der Waals surface area contributed by atoms with E-state index in [-0.39, 0.29) is 11.6 Å². The Morgan fingerprint density at radius 3 is 2.63 bits per heavy atom. The highest BCUT2D eigenvalue weighted by Gasteiger charge is 2.39. The van der Waals surface area contributed by atoms with E-state index in [1.54, 1.807) is 0 Å². The van der Waals surface area contributed by atoms with Crippen LogP contribution in [0.1, 0.15) is 48.0 Å². The van der Waals surface area contributed by atoms with E-state index in [0.717, 1.165) is 59.6 Å². The SMILES string of the molecule is Cc1cc(-c2ccc(C(=O)N(C)C3(NCCC=O)CCCC3)cc2)cc2cn[nH]c12. The first-order valence-electron chi connectivity index (χ1n) is 10.5. The standard InChI is InChI=1S/C24H28N4O2/c1-17-14-20(15-21-16-26-27-22(17)21)18-6-8-19(9-7-18)23(30)28(2)24(10-3-4-11-24)25-12-5-13-29/h6-9,13-16,25H,3-5,10-12H2,1-2H3,(H,26,27). The van der Waals surface area contributed by atoms with Gasteiger partial charge in [-0.2, -0.15) is 5.10 Å². The molecule has 0 atom stereocenters. The number of benzene rings is 2. The Balaban J connectivity index is 1.55. The third kappa shape index (κ3) is 3.75. The van der Waals surface area contributed by atoms with Crippen molar-refractivity contribution < 1.29 is 9.59 Å². The summed E-state index contributed by atoms with van der Waals surface area (Å²) >= 11 is 0. The van der Waals surface area contributed by atoms with Crippen LogP contribution in [0.15, 0.2) is 42.6 Å². The van der Waals surface area contributed by atoms with E-state index in [1.807, 2.05) is 42.4 Å². The van der Waals surface area contributed by atoms with Crippen molar-refractivity contribution in [1.29, 1.82) is 0 Å². The molecule has 4 rings (SSSR count). The second-order valence-electron chi connectivity index (χ2n) is 8.19. The normalized spacial score (nSPS) is 15.4. The molecule has 1 aliphatic rings. The Hall–Kier alpha value is -2.99. The molecule has 1 aliphatic carbocycles. The minimum atomic E-state index is -0.359. The molecule has 1 heterocycles. The molecule has 156 valence electrons. The average Bonchev–Trinajstić information content (AvgIpc) is 3.43. The molecule has 0 bridgehead atoms. The van der Waals surface area contributed by atoms with Crippen LogP contribution in [-0.4, -0.2) is 46.5 Å². The van der Waals surface area contributed by atoms with Gasteiger partial charge in [-0.1, -0.05) is 12.1 Å². The van der Waals surface area contributed by atoms with E-state index >= 15 is 0 Å². The number of aryl methyl sites for hydroxylation is 1. The lowest BCUT2D eigenvalue weighted by Crippen LogP contribution is -2.57. The molecule has 1 fully saturated rings. The molecule has 0 unspecified atom stereocenters. The molecule has 1 amide bonds. The quantitative estimate of drug-likeness (QED) is 0.354. The van der Waals surface area contributed by atoms with Gasteiger partial charge in [0.2, 0.25) is 0 Å². The van der Waals surface area contributed by atoms with E-state index in [4.69, 9.17) is 0 Å². The molecule has 2 aromatic carbocycles. The number of rotatable bonds is 7. The van der Waals surface area contributed by atoms with Crippen LogP contribution < -0.4 is 5.32 Å². The van der Waals surface area contributed by atoms with Gasteiger partial charge in [0.1, 0.15) is 6.29 Å². The van der Waals surface area contributed by atoms with Crippen LogP contribution in [0.5, 0.6) is 0 Å². The van der Waals surface area contributed by atoms with Gasteiger partial charge in [-0.3, -0.25) is 15.2 Å². The molecule has 6 nitrogen and oxygen atoms in total. The number of carbonyl (C=O) groups is 2. The lowest BCUT2D eigenvalue weighted by Gasteiger charge is -2.40. The number of nitrogens with one attached hydrogen (secondary N) is 2. The van der Waals surface area contributed by atoms with Gasteiger partial charge < -0.3 is 9.69 Å². The summed E-state index contributed by atoms with van der Waals surface area (Å²) in [6.07, 6.45) is 7.20.